The Hall–Kier alpha value is -1.36. The zero-order valence-electron chi connectivity index (χ0n) is 10.3. The number of rotatable bonds is 4. The fourth-order valence-electron chi connectivity index (χ4n) is 1.56. The van der Waals surface area contributed by atoms with E-state index in [2.05, 4.69) is 10.4 Å². The lowest BCUT2D eigenvalue weighted by molar-refractivity contribution is 0.0918. The van der Waals surface area contributed by atoms with Crippen LogP contribution in [0.25, 0.3) is 0 Å². The van der Waals surface area contributed by atoms with Gasteiger partial charge in [-0.3, -0.25) is 9.48 Å². The fraction of sp³-hybridized carbons (Fsp3) is 0.636. The van der Waals surface area contributed by atoms with E-state index >= 15 is 0 Å². The van der Waals surface area contributed by atoms with Gasteiger partial charge in [0.2, 0.25) is 0 Å². The van der Waals surface area contributed by atoms with E-state index in [4.69, 9.17) is 5.73 Å². The van der Waals surface area contributed by atoms with Gasteiger partial charge in [0.1, 0.15) is 5.69 Å². The Morgan fingerprint density at radius 3 is 2.62 bits per heavy atom. The third-order valence-electron chi connectivity index (χ3n) is 2.61. The van der Waals surface area contributed by atoms with Gasteiger partial charge in [-0.1, -0.05) is 13.8 Å². The predicted octanol–water partition coefficient (Wildman–Crippen LogP) is 0.442. The van der Waals surface area contributed by atoms with Crippen molar-refractivity contribution >= 4 is 5.91 Å². The fourth-order valence-corrected chi connectivity index (χ4v) is 1.56. The molecule has 1 rings (SSSR count). The Morgan fingerprint density at radius 2 is 2.25 bits per heavy atom. The number of aryl methyl sites for hydroxylation is 2. The Kier molecular flexibility index (Phi) is 4.06. The highest BCUT2D eigenvalue weighted by molar-refractivity contribution is 5.92. The molecule has 0 saturated heterocycles. The standard InChI is InChI=1S/C11H20N4O/c1-7(2)9(6-12)13-11(16)10-5-8(3)14-15(10)4/h5,7,9H,6,12H2,1-4H3,(H,13,16). The molecule has 0 fully saturated rings. The molecule has 90 valence electrons. The van der Waals surface area contributed by atoms with Crippen LogP contribution in [0.2, 0.25) is 0 Å². The zero-order chi connectivity index (χ0) is 12.3. The monoisotopic (exact) mass is 224 g/mol. The maximum Gasteiger partial charge on any atom is 0.269 e. The molecule has 0 saturated carbocycles. The molecule has 16 heavy (non-hydrogen) atoms. The number of hydrogen-bond donors (Lipinski definition) is 2. The van der Waals surface area contributed by atoms with Crippen molar-refractivity contribution in [2.24, 2.45) is 18.7 Å². The molecule has 1 unspecified atom stereocenters. The normalized spacial score (nSPS) is 12.9. The smallest absolute Gasteiger partial charge is 0.269 e. The van der Waals surface area contributed by atoms with E-state index in [1.54, 1.807) is 17.8 Å². The van der Waals surface area contributed by atoms with Crippen LogP contribution in [0.15, 0.2) is 6.07 Å². The summed E-state index contributed by atoms with van der Waals surface area (Å²) < 4.78 is 1.58. The van der Waals surface area contributed by atoms with Gasteiger partial charge in [-0.2, -0.15) is 5.10 Å². The lowest BCUT2D eigenvalue weighted by Gasteiger charge is -2.20. The Balaban J connectivity index is 2.75. The maximum atomic E-state index is 11.9. The summed E-state index contributed by atoms with van der Waals surface area (Å²) in [5, 5.41) is 7.05. The van der Waals surface area contributed by atoms with E-state index < -0.39 is 0 Å². The van der Waals surface area contributed by atoms with Gasteiger partial charge >= 0.3 is 0 Å². The van der Waals surface area contributed by atoms with Crippen LogP contribution in [0, 0.1) is 12.8 Å². The number of carbonyl (C=O) groups excluding carboxylic acids is 1. The molecule has 0 aliphatic rings. The average molecular weight is 224 g/mol. The van der Waals surface area contributed by atoms with Gasteiger partial charge in [0.15, 0.2) is 0 Å². The summed E-state index contributed by atoms with van der Waals surface area (Å²) in [6, 6.07) is 1.77. The van der Waals surface area contributed by atoms with Crippen LogP contribution in [0.1, 0.15) is 30.0 Å². The van der Waals surface area contributed by atoms with Crippen LogP contribution in [-0.4, -0.2) is 28.3 Å². The Bertz CT molecular complexity index is 370. The second-order valence-electron chi connectivity index (χ2n) is 4.35. The molecule has 1 amide bonds. The van der Waals surface area contributed by atoms with Gasteiger partial charge in [0, 0.05) is 19.6 Å². The van der Waals surface area contributed by atoms with Crippen LogP contribution in [0.4, 0.5) is 0 Å². The van der Waals surface area contributed by atoms with Gasteiger partial charge in [-0.25, -0.2) is 0 Å². The molecule has 0 radical (unpaired) electrons. The second kappa shape index (κ2) is 5.12. The molecule has 1 atom stereocenters. The topological polar surface area (TPSA) is 72.9 Å². The van der Waals surface area contributed by atoms with Gasteiger partial charge in [0.25, 0.3) is 5.91 Å². The second-order valence-corrected chi connectivity index (χ2v) is 4.35. The molecule has 3 N–H and O–H groups in total. The van der Waals surface area contributed by atoms with E-state index in [1.165, 1.54) is 0 Å². The average Bonchev–Trinajstić information content (AvgIpc) is 2.53. The predicted molar refractivity (Wildman–Crippen MR) is 63.1 cm³/mol. The first kappa shape index (κ1) is 12.7. The number of nitrogens with one attached hydrogen (secondary N) is 1. The number of hydrogen-bond acceptors (Lipinski definition) is 3. The largest absolute Gasteiger partial charge is 0.346 e. The van der Waals surface area contributed by atoms with Gasteiger partial charge in [0.05, 0.1) is 5.69 Å². The van der Waals surface area contributed by atoms with Crippen LogP contribution >= 0.6 is 0 Å². The highest BCUT2D eigenvalue weighted by Gasteiger charge is 2.18. The van der Waals surface area contributed by atoms with Crippen LogP contribution in [0.5, 0.6) is 0 Å². The third kappa shape index (κ3) is 2.82. The molecule has 1 aromatic heterocycles. The molecular weight excluding hydrogens is 204 g/mol. The summed E-state index contributed by atoms with van der Waals surface area (Å²) in [6.07, 6.45) is 0. The molecule has 5 nitrogen and oxygen atoms in total. The van der Waals surface area contributed by atoms with Crippen molar-refractivity contribution in [1.82, 2.24) is 15.1 Å². The number of amides is 1. The van der Waals surface area contributed by atoms with Gasteiger partial charge < -0.3 is 11.1 Å². The van der Waals surface area contributed by atoms with Gasteiger partial charge in [-0.05, 0) is 18.9 Å². The van der Waals surface area contributed by atoms with Gasteiger partial charge in [-0.15, -0.1) is 0 Å². The maximum absolute atomic E-state index is 11.9. The van der Waals surface area contributed by atoms with Crippen LogP contribution < -0.4 is 11.1 Å². The van der Waals surface area contributed by atoms with Crippen molar-refractivity contribution in [1.29, 1.82) is 0 Å². The molecule has 0 aliphatic carbocycles. The van der Waals surface area contributed by atoms with Crippen LogP contribution in [0.3, 0.4) is 0 Å². The first-order valence-corrected chi connectivity index (χ1v) is 5.47. The van der Waals surface area contributed by atoms with Crippen molar-refractivity contribution in [3.63, 3.8) is 0 Å². The highest BCUT2D eigenvalue weighted by atomic mass is 16.2. The molecular formula is C11H20N4O. The van der Waals surface area contributed by atoms with Crippen molar-refractivity contribution in [2.45, 2.75) is 26.8 Å². The molecule has 0 aromatic carbocycles. The minimum atomic E-state index is -0.118. The molecule has 1 aromatic rings. The first-order valence-electron chi connectivity index (χ1n) is 5.47. The van der Waals surface area contributed by atoms with Crippen molar-refractivity contribution in [3.05, 3.63) is 17.5 Å². The SMILES string of the molecule is Cc1cc(C(=O)NC(CN)C(C)C)n(C)n1. The quantitative estimate of drug-likeness (QED) is 0.779. The summed E-state index contributed by atoms with van der Waals surface area (Å²) in [4.78, 5) is 11.9. The number of nitrogens with zero attached hydrogens (tertiary/aromatic N) is 2. The van der Waals surface area contributed by atoms with E-state index in [0.717, 1.165) is 5.69 Å². The summed E-state index contributed by atoms with van der Waals surface area (Å²) in [5.41, 5.74) is 7.01. The van der Waals surface area contributed by atoms with E-state index in [-0.39, 0.29) is 11.9 Å². The van der Waals surface area contributed by atoms with E-state index in [0.29, 0.717) is 18.2 Å². The van der Waals surface area contributed by atoms with Crippen molar-refractivity contribution in [3.8, 4) is 0 Å². The lowest BCUT2D eigenvalue weighted by Crippen LogP contribution is -2.44. The molecule has 0 bridgehead atoms. The molecule has 0 spiro atoms. The highest BCUT2D eigenvalue weighted by Crippen LogP contribution is 2.05. The molecule has 1 heterocycles. The molecule has 5 heteroatoms. The summed E-state index contributed by atoms with van der Waals surface area (Å²) in [7, 11) is 1.76. The first-order chi connectivity index (χ1) is 7.45. The van der Waals surface area contributed by atoms with Crippen molar-refractivity contribution in [2.75, 3.05) is 6.54 Å². The third-order valence-corrected chi connectivity index (χ3v) is 2.61. The summed E-state index contributed by atoms with van der Waals surface area (Å²) >= 11 is 0. The number of carbonyl (C=O) groups is 1. The minimum Gasteiger partial charge on any atom is -0.346 e. The molecule has 0 aliphatic heterocycles. The van der Waals surface area contributed by atoms with E-state index in [1.807, 2.05) is 20.8 Å². The van der Waals surface area contributed by atoms with E-state index in [9.17, 15) is 4.79 Å². The van der Waals surface area contributed by atoms with Crippen molar-refractivity contribution < 1.29 is 4.79 Å². The Morgan fingerprint density at radius 1 is 1.62 bits per heavy atom. The Labute approximate surface area is 96.0 Å². The van der Waals surface area contributed by atoms with Crippen LogP contribution in [-0.2, 0) is 7.05 Å². The minimum absolute atomic E-state index is 0.00251. The lowest BCUT2D eigenvalue weighted by atomic mass is 10.0. The number of aromatic nitrogens is 2. The summed E-state index contributed by atoms with van der Waals surface area (Å²) in [6.45, 7) is 6.37. The number of nitrogens with two attached hydrogens (primary N) is 1. The zero-order valence-corrected chi connectivity index (χ0v) is 10.3. The summed E-state index contributed by atoms with van der Waals surface area (Å²) in [5.74, 6) is 0.204.